The van der Waals surface area contributed by atoms with Gasteiger partial charge in [-0.15, -0.1) is 0 Å². The van der Waals surface area contributed by atoms with Crippen LogP contribution in [0.25, 0.3) is 6.08 Å². The second-order valence-corrected chi connectivity index (χ2v) is 9.02. The average Bonchev–Trinajstić information content (AvgIpc) is 2.98. The number of carbonyl (C=O) groups excluding carboxylic acids is 1. The summed E-state index contributed by atoms with van der Waals surface area (Å²) in [7, 11) is 0.940. The van der Waals surface area contributed by atoms with Crippen LogP contribution in [0.5, 0.6) is 5.75 Å². The fourth-order valence-corrected chi connectivity index (χ4v) is 3.32. The van der Waals surface area contributed by atoms with Gasteiger partial charge in [0.05, 0.1) is 23.3 Å². The van der Waals surface area contributed by atoms with Gasteiger partial charge in [-0.2, -0.15) is 0 Å². The number of hydrogen-bond acceptors (Lipinski definition) is 5. The number of amides is 1. The molecule has 0 radical (unpaired) electrons. The lowest BCUT2D eigenvalue weighted by atomic mass is 9.77. The Labute approximate surface area is 195 Å². The predicted octanol–water partition coefficient (Wildman–Crippen LogP) is 5.29. The summed E-state index contributed by atoms with van der Waals surface area (Å²) < 4.78 is 22.9. The second-order valence-electron chi connectivity index (χ2n) is 8.61. The van der Waals surface area contributed by atoms with Crippen molar-refractivity contribution in [2.45, 2.75) is 45.5 Å². The van der Waals surface area contributed by atoms with Gasteiger partial charge in [0.25, 0.3) is 0 Å². The van der Waals surface area contributed by atoms with Gasteiger partial charge in [0.2, 0.25) is 0 Å². The number of hydrogen-bond donors (Lipinski definition) is 1. The molecule has 0 aliphatic carbocycles. The molecule has 8 heteroatoms. The molecule has 6 nitrogen and oxygen atoms in total. The highest BCUT2D eigenvalue weighted by molar-refractivity contribution is 6.56. The average molecular weight is 458 g/mol. The van der Waals surface area contributed by atoms with E-state index >= 15 is 0 Å². The van der Waals surface area contributed by atoms with E-state index in [1.807, 2.05) is 76.2 Å². The highest BCUT2D eigenvalue weighted by atomic mass is 35.5. The first kappa shape index (κ1) is 24.2. The van der Waals surface area contributed by atoms with Crippen molar-refractivity contribution < 1.29 is 23.6 Å². The molecule has 0 unspecified atom stereocenters. The molecule has 0 spiro atoms. The van der Waals surface area contributed by atoms with Gasteiger partial charge in [-0.25, -0.2) is 4.79 Å². The predicted molar refractivity (Wildman–Crippen MR) is 127 cm³/mol. The van der Waals surface area contributed by atoms with Gasteiger partial charge in [0.1, 0.15) is 12.4 Å². The maximum absolute atomic E-state index is 12.3. The van der Waals surface area contributed by atoms with E-state index < -0.39 is 24.4 Å². The minimum atomic E-state index is -0.646. The molecule has 0 bridgehead atoms. The molecule has 0 aromatic heterocycles. The second kappa shape index (κ2) is 9.98. The van der Waals surface area contributed by atoms with E-state index in [-0.39, 0.29) is 13.2 Å². The van der Waals surface area contributed by atoms with Crippen molar-refractivity contribution in [1.82, 2.24) is 5.32 Å². The summed E-state index contributed by atoms with van der Waals surface area (Å²) in [5.74, 6) is 0.659. The summed E-state index contributed by atoms with van der Waals surface area (Å²) in [4.78, 5) is 12.3. The number of ether oxygens (including phenoxy) is 2. The number of halogens is 1. The number of benzene rings is 2. The van der Waals surface area contributed by atoms with Gasteiger partial charge >= 0.3 is 13.2 Å². The Hall–Kier alpha value is -2.48. The van der Waals surface area contributed by atoms with Crippen LogP contribution in [0.1, 0.15) is 38.8 Å². The molecule has 1 heterocycles. The molecule has 3 rings (SSSR count). The smallest absolute Gasteiger partial charge is 0.492 e. The zero-order chi connectivity index (χ0) is 23.4. The molecule has 1 amide bonds. The topological polar surface area (TPSA) is 66.0 Å². The van der Waals surface area contributed by atoms with E-state index in [0.29, 0.717) is 16.2 Å². The Kier molecular flexibility index (Phi) is 7.54. The molecule has 2 aromatic carbocycles. The molecule has 2 aromatic rings. The van der Waals surface area contributed by atoms with Crippen LogP contribution < -0.4 is 10.1 Å². The largest absolute Gasteiger partial charge is 0.497 e. The van der Waals surface area contributed by atoms with Crippen molar-refractivity contribution >= 4 is 30.9 Å². The minimum Gasteiger partial charge on any atom is -0.497 e. The summed E-state index contributed by atoms with van der Waals surface area (Å²) in [6.07, 6.45) is 1.33. The molecular weight excluding hydrogens is 429 g/mol. The summed E-state index contributed by atoms with van der Waals surface area (Å²) in [5, 5.41) is 3.31. The number of nitrogens with one attached hydrogen (secondary N) is 1. The lowest BCUT2D eigenvalue weighted by Gasteiger charge is -2.32. The van der Waals surface area contributed by atoms with Crippen LogP contribution in [0.15, 0.2) is 54.0 Å². The monoisotopic (exact) mass is 457 g/mol. The molecule has 1 fully saturated rings. The highest BCUT2D eigenvalue weighted by Crippen LogP contribution is 2.39. The van der Waals surface area contributed by atoms with Gasteiger partial charge in [-0.3, -0.25) is 0 Å². The molecule has 1 aliphatic rings. The Morgan fingerprint density at radius 2 is 1.75 bits per heavy atom. The quantitative estimate of drug-likeness (QED) is 0.572. The van der Waals surface area contributed by atoms with Crippen LogP contribution in [0.4, 0.5) is 4.79 Å². The van der Waals surface area contributed by atoms with Crippen molar-refractivity contribution in [2.75, 3.05) is 13.7 Å². The van der Waals surface area contributed by atoms with Crippen molar-refractivity contribution in [2.24, 2.45) is 0 Å². The molecule has 170 valence electrons. The zero-order valence-corrected chi connectivity index (χ0v) is 19.9. The van der Waals surface area contributed by atoms with Crippen LogP contribution in [-0.2, 0) is 20.7 Å². The molecule has 1 saturated heterocycles. The summed E-state index contributed by atoms with van der Waals surface area (Å²) in [6.45, 7) is 8.28. The number of alkyl carbamates (subject to hydrolysis) is 1. The van der Waals surface area contributed by atoms with E-state index in [9.17, 15) is 4.79 Å². The minimum absolute atomic E-state index is 0.173. The Morgan fingerprint density at radius 3 is 2.34 bits per heavy atom. The number of methoxy groups -OCH3 is 1. The summed E-state index contributed by atoms with van der Waals surface area (Å²) >= 11 is 6.43. The first-order valence-corrected chi connectivity index (χ1v) is 10.8. The van der Waals surface area contributed by atoms with Crippen LogP contribution in [0.3, 0.4) is 0 Å². The van der Waals surface area contributed by atoms with Gasteiger partial charge in [-0.05, 0) is 62.5 Å². The fourth-order valence-electron chi connectivity index (χ4n) is 3.10. The number of carbonyl (C=O) groups is 1. The third kappa shape index (κ3) is 5.85. The SMILES string of the molecule is COc1ccc(C=C(CNC(=O)OCc2ccccc2)B2OC(C)(C)C(C)(C)O2)c(Cl)c1. The highest BCUT2D eigenvalue weighted by Gasteiger charge is 2.52. The molecule has 0 atom stereocenters. The Balaban J connectivity index is 1.76. The molecule has 0 saturated carbocycles. The first-order valence-electron chi connectivity index (χ1n) is 10.5. The van der Waals surface area contributed by atoms with Crippen LogP contribution in [-0.4, -0.2) is 38.1 Å². The molecule has 1 aliphatic heterocycles. The van der Waals surface area contributed by atoms with Gasteiger partial charge in [-0.1, -0.05) is 48.0 Å². The van der Waals surface area contributed by atoms with Crippen molar-refractivity contribution in [1.29, 1.82) is 0 Å². The summed E-state index contributed by atoms with van der Waals surface area (Å²) in [6, 6.07) is 14.9. The van der Waals surface area contributed by atoms with Crippen molar-refractivity contribution in [3.05, 3.63) is 70.2 Å². The maximum Gasteiger partial charge on any atom is 0.492 e. The van der Waals surface area contributed by atoms with Crippen LogP contribution in [0.2, 0.25) is 5.02 Å². The number of rotatable bonds is 7. The first-order chi connectivity index (χ1) is 15.1. The van der Waals surface area contributed by atoms with Crippen molar-refractivity contribution in [3.63, 3.8) is 0 Å². The lowest BCUT2D eigenvalue weighted by molar-refractivity contribution is 0.00578. The third-order valence-corrected chi connectivity index (χ3v) is 6.08. The Bertz CT molecular complexity index is 962. The Morgan fingerprint density at radius 1 is 1.09 bits per heavy atom. The normalized spacial score (nSPS) is 17.2. The lowest BCUT2D eigenvalue weighted by Crippen LogP contribution is -2.41. The van der Waals surface area contributed by atoms with Gasteiger partial charge < -0.3 is 24.1 Å². The van der Waals surface area contributed by atoms with Gasteiger partial charge in [0.15, 0.2) is 0 Å². The summed E-state index contributed by atoms with van der Waals surface area (Å²) in [5.41, 5.74) is 1.35. The fraction of sp³-hybridized carbons (Fsp3) is 0.375. The van der Waals surface area contributed by atoms with Crippen LogP contribution in [0, 0.1) is 0 Å². The van der Waals surface area contributed by atoms with E-state index in [1.54, 1.807) is 13.2 Å². The molecular formula is C24H29BClNO5. The maximum atomic E-state index is 12.3. The van der Waals surface area contributed by atoms with E-state index in [2.05, 4.69) is 5.32 Å². The van der Waals surface area contributed by atoms with Crippen molar-refractivity contribution in [3.8, 4) is 5.75 Å². The molecule has 1 N–H and O–H groups in total. The van der Waals surface area contributed by atoms with E-state index in [4.69, 9.17) is 30.4 Å². The van der Waals surface area contributed by atoms with Crippen LogP contribution >= 0.6 is 11.6 Å². The van der Waals surface area contributed by atoms with E-state index in [1.165, 1.54) is 0 Å². The standard InChI is InChI=1S/C24H29BClNO5/c1-23(2)24(3,4)32-25(31-23)19(13-18-11-12-20(29-5)14-21(18)26)15-27-22(28)30-16-17-9-7-6-8-10-17/h6-14H,15-16H2,1-5H3,(H,27,28). The molecule has 32 heavy (non-hydrogen) atoms. The van der Waals surface area contributed by atoms with Gasteiger partial charge in [0, 0.05) is 6.54 Å². The third-order valence-electron chi connectivity index (χ3n) is 5.75. The van der Waals surface area contributed by atoms with E-state index in [0.717, 1.165) is 11.1 Å². The zero-order valence-electron chi connectivity index (χ0n) is 19.1.